The zero-order chi connectivity index (χ0) is 21.0. The minimum absolute atomic E-state index is 0.270. The zero-order valence-corrected chi connectivity index (χ0v) is 18.8. The first-order chi connectivity index (χ1) is 15.1. The first kappa shape index (κ1) is 18.4. The van der Waals surface area contributed by atoms with Crippen LogP contribution in [0, 0.1) is 31.1 Å². The van der Waals surface area contributed by atoms with Crippen molar-refractivity contribution in [3.05, 3.63) is 46.8 Å². The fraction of sp³-hybridized carbons (Fsp3) is 0.615. The second-order valence-corrected chi connectivity index (χ2v) is 10.8. The summed E-state index contributed by atoms with van der Waals surface area (Å²) in [6.07, 6.45) is 6.37. The summed E-state index contributed by atoms with van der Waals surface area (Å²) in [6, 6.07) is 10.2. The van der Waals surface area contributed by atoms with Crippen molar-refractivity contribution >= 4 is 5.95 Å². The Balaban J connectivity index is 1.40. The summed E-state index contributed by atoms with van der Waals surface area (Å²) in [5.74, 6) is 3.41. The van der Waals surface area contributed by atoms with Crippen molar-refractivity contribution in [2.75, 3.05) is 25.1 Å². The Kier molecular flexibility index (Phi) is 3.57. The first-order valence-corrected chi connectivity index (χ1v) is 12.1. The van der Waals surface area contributed by atoms with Gasteiger partial charge < -0.3 is 15.0 Å². The average Bonchev–Trinajstić information content (AvgIpc) is 3.19. The van der Waals surface area contributed by atoms with Crippen LogP contribution in [0.3, 0.4) is 0 Å². The van der Waals surface area contributed by atoms with Gasteiger partial charge in [-0.1, -0.05) is 6.07 Å². The van der Waals surface area contributed by atoms with E-state index in [-0.39, 0.29) is 5.41 Å². The van der Waals surface area contributed by atoms with Crippen LogP contribution in [-0.4, -0.2) is 42.3 Å². The molecule has 0 spiro atoms. The van der Waals surface area contributed by atoms with Gasteiger partial charge in [0, 0.05) is 35.4 Å². The largest absolute Gasteiger partial charge is 0.497 e. The lowest BCUT2D eigenvalue weighted by Gasteiger charge is -2.64. The standard InChI is InChI=1S/C26H32N4O/c1-15-10-16(2)29-24(28-15)30-14-18-13-25-7-6-21(30)23(18)26(25)8-9-27-22(25)11-17-4-5-19(31-3)12-20(17)26/h4-5,10,12,18,21-23,27H,6-9,11,13-14H2,1-3H3/t18-,21?,22?,23?,25?,26?/m1/s1. The molecule has 3 heterocycles. The van der Waals surface area contributed by atoms with E-state index >= 15 is 0 Å². The minimum atomic E-state index is 0.270. The third-order valence-corrected chi connectivity index (χ3v) is 9.75. The maximum absolute atomic E-state index is 5.72. The topological polar surface area (TPSA) is 50.3 Å². The van der Waals surface area contributed by atoms with Crippen LogP contribution in [0.5, 0.6) is 5.75 Å². The number of anilines is 1. The van der Waals surface area contributed by atoms with Gasteiger partial charge in [0.2, 0.25) is 5.95 Å². The van der Waals surface area contributed by atoms with Gasteiger partial charge in [0.15, 0.2) is 0 Å². The molecule has 4 bridgehead atoms. The van der Waals surface area contributed by atoms with Crippen molar-refractivity contribution in [2.24, 2.45) is 17.3 Å². The SMILES string of the molecule is COc1ccc2c(c1)C13CCNC(C2)C12CCC1C3[C@@H](CN1c1nc(C)cc(C)n1)C2. The average molecular weight is 417 g/mol. The molecule has 5 unspecified atom stereocenters. The summed E-state index contributed by atoms with van der Waals surface area (Å²) in [4.78, 5) is 12.4. The molecule has 5 aliphatic rings. The Morgan fingerprint density at radius 3 is 2.77 bits per heavy atom. The van der Waals surface area contributed by atoms with Gasteiger partial charge in [0.1, 0.15) is 5.75 Å². The van der Waals surface area contributed by atoms with Crippen LogP contribution in [0.2, 0.25) is 0 Å². The highest BCUT2D eigenvalue weighted by atomic mass is 16.5. The highest BCUT2D eigenvalue weighted by molar-refractivity contribution is 5.53. The summed E-state index contributed by atoms with van der Waals surface area (Å²) in [5, 5.41) is 3.98. The number of nitrogens with one attached hydrogen (secondary N) is 1. The second-order valence-electron chi connectivity index (χ2n) is 10.8. The molecule has 5 heteroatoms. The van der Waals surface area contributed by atoms with Crippen LogP contribution in [0.1, 0.15) is 48.2 Å². The van der Waals surface area contributed by atoms with Crippen molar-refractivity contribution in [3.8, 4) is 5.75 Å². The van der Waals surface area contributed by atoms with E-state index in [9.17, 15) is 0 Å². The lowest BCUT2D eigenvalue weighted by molar-refractivity contribution is -0.0264. The number of aromatic nitrogens is 2. The summed E-state index contributed by atoms with van der Waals surface area (Å²) in [7, 11) is 1.81. The molecular formula is C26H32N4O. The van der Waals surface area contributed by atoms with E-state index in [1.54, 1.807) is 11.1 Å². The molecule has 5 nitrogen and oxygen atoms in total. The van der Waals surface area contributed by atoms with E-state index in [0.717, 1.165) is 42.1 Å². The molecule has 2 aromatic rings. The molecule has 2 saturated carbocycles. The molecule has 3 aliphatic carbocycles. The Bertz CT molecular complexity index is 1060. The predicted molar refractivity (Wildman–Crippen MR) is 121 cm³/mol. The van der Waals surface area contributed by atoms with Crippen LogP contribution in [-0.2, 0) is 11.8 Å². The number of nitrogens with zero attached hydrogens (tertiary/aromatic N) is 3. The van der Waals surface area contributed by atoms with Gasteiger partial charge in [-0.25, -0.2) is 9.97 Å². The molecule has 4 fully saturated rings. The number of benzene rings is 1. The monoisotopic (exact) mass is 416 g/mol. The van der Waals surface area contributed by atoms with E-state index in [4.69, 9.17) is 14.7 Å². The van der Waals surface area contributed by atoms with Crippen molar-refractivity contribution < 1.29 is 4.74 Å². The van der Waals surface area contributed by atoms with E-state index in [1.165, 1.54) is 32.1 Å². The molecule has 2 aliphatic heterocycles. The van der Waals surface area contributed by atoms with E-state index in [0.29, 0.717) is 23.4 Å². The number of aryl methyl sites for hydroxylation is 2. The number of rotatable bonds is 2. The van der Waals surface area contributed by atoms with Crippen LogP contribution >= 0.6 is 0 Å². The molecule has 1 N–H and O–H groups in total. The number of methoxy groups -OCH3 is 1. The van der Waals surface area contributed by atoms with E-state index in [1.807, 2.05) is 7.11 Å². The van der Waals surface area contributed by atoms with Gasteiger partial charge in [-0.05, 0) is 99.1 Å². The van der Waals surface area contributed by atoms with Crippen LogP contribution in [0.15, 0.2) is 24.3 Å². The quantitative estimate of drug-likeness (QED) is 0.811. The van der Waals surface area contributed by atoms with Crippen LogP contribution in [0.25, 0.3) is 0 Å². The summed E-state index contributed by atoms with van der Waals surface area (Å²) in [5.41, 5.74) is 6.01. The Morgan fingerprint density at radius 1 is 1.13 bits per heavy atom. The lowest BCUT2D eigenvalue weighted by Crippen LogP contribution is -2.69. The fourth-order valence-corrected chi connectivity index (χ4v) is 9.07. The highest BCUT2D eigenvalue weighted by Gasteiger charge is 2.75. The molecular weight excluding hydrogens is 384 g/mol. The zero-order valence-electron chi connectivity index (χ0n) is 18.8. The molecule has 1 aromatic heterocycles. The number of hydrogen-bond donors (Lipinski definition) is 1. The van der Waals surface area contributed by atoms with E-state index < -0.39 is 0 Å². The number of fused-ring (bicyclic) bond motifs is 1. The molecule has 162 valence electrons. The molecule has 1 aromatic carbocycles. The van der Waals surface area contributed by atoms with Crippen LogP contribution in [0.4, 0.5) is 5.95 Å². The van der Waals surface area contributed by atoms with Gasteiger partial charge in [-0.15, -0.1) is 0 Å². The van der Waals surface area contributed by atoms with Gasteiger partial charge >= 0.3 is 0 Å². The van der Waals surface area contributed by atoms with E-state index in [2.05, 4.69) is 48.3 Å². The fourth-order valence-electron chi connectivity index (χ4n) is 9.07. The molecule has 31 heavy (non-hydrogen) atoms. The van der Waals surface area contributed by atoms with Gasteiger partial charge in [0.25, 0.3) is 0 Å². The molecule has 2 saturated heterocycles. The van der Waals surface area contributed by atoms with Crippen LogP contribution < -0.4 is 15.0 Å². The summed E-state index contributed by atoms with van der Waals surface area (Å²) < 4.78 is 5.72. The number of hydrogen-bond acceptors (Lipinski definition) is 5. The maximum atomic E-state index is 5.72. The highest BCUT2D eigenvalue weighted by Crippen LogP contribution is 2.74. The smallest absolute Gasteiger partial charge is 0.226 e. The lowest BCUT2D eigenvalue weighted by atomic mass is 9.44. The Morgan fingerprint density at radius 2 is 1.97 bits per heavy atom. The second kappa shape index (κ2) is 6.00. The van der Waals surface area contributed by atoms with Gasteiger partial charge in [0.05, 0.1) is 7.11 Å². The first-order valence-electron chi connectivity index (χ1n) is 12.1. The summed E-state index contributed by atoms with van der Waals surface area (Å²) in [6.45, 7) is 6.45. The Hall–Kier alpha value is -2.14. The van der Waals surface area contributed by atoms with Crippen molar-refractivity contribution in [1.29, 1.82) is 0 Å². The predicted octanol–water partition coefficient (Wildman–Crippen LogP) is 3.56. The number of ether oxygens (including phenoxy) is 1. The third-order valence-electron chi connectivity index (χ3n) is 9.75. The maximum Gasteiger partial charge on any atom is 0.226 e. The Labute approximate surface area is 184 Å². The van der Waals surface area contributed by atoms with Crippen molar-refractivity contribution in [3.63, 3.8) is 0 Å². The normalized spacial score (nSPS) is 39.3. The van der Waals surface area contributed by atoms with Gasteiger partial charge in [-0.3, -0.25) is 0 Å². The minimum Gasteiger partial charge on any atom is -0.497 e. The summed E-state index contributed by atoms with van der Waals surface area (Å²) >= 11 is 0. The van der Waals surface area contributed by atoms with Gasteiger partial charge in [-0.2, -0.15) is 0 Å². The molecule has 0 amide bonds. The number of piperidine rings is 1. The van der Waals surface area contributed by atoms with Crippen molar-refractivity contribution in [1.82, 2.24) is 15.3 Å². The van der Waals surface area contributed by atoms with Crippen molar-refractivity contribution in [2.45, 2.75) is 63.5 Å². The molecule has 6 atom stereocenters. The molecule has 0 radical (unpaired) electrons. The molecule has 7 rings (SSSR count). The third kappa shape index (κ3) is 2.11.